The molecule has 6 rings (SSSR count). The molecule has 0 aliphatic carbocycles. The molecule has 2 saturated heterocycles. The minimum Gasteiger partial charge on any atom is -0.489 e. The number of fused-ring (bicyclic) bond motifs is 1. The van der Waals surface area contributed by atoms with Crippen LogP contribution in [-0.4, -0.2) is 42.6 Å². The fraction of sp³-hybridized carbons (Fsp3) is 0.276. The maximum absolute atomic E-state index is 10.5. The van der Waals surface area contributed by atoms with Gasteiger partial charge in [-0.05, 0) is 46.5 Å². The van der Waals surface area contributed by atoms with E-state index in [1.54, 1.807) is 0 Å². The summed E-state index contributed by atoms with van der Waals surface area (Å²) in [6, 6.07) is 24.4. The standard InChI is InChI=1S/C29H26N2O4/c30-16-21-14-20(6-9-28(21)35-23-10-12-33-13-11-23)24-2-1-3-26-25(24)15-27(31-26)19-4-7-22(8-5-19)29(32)17-34-18-29/h1-9,14-15,23,31-32H,10-13,17-18H2. The molecule has 4 aromatic rings. The average molecular weight is 467 g/mol. The maximum Gasteiger partial charge on any atom is 0.137 e. The SMILES string of the molecule is N#Cc1cc(-c2cccc3[nH]c(-c4ccc(C5(O)COC5)cc4)cc23)ccc1OC1CCOCC1. The smallest absolute Gasteiger partial charge is 0.137 e. The van der Waals surface area contributed by atoms with Gasteiger partial charge in [-0.15, -0.1) is 0 Å². The third-order valence-electron chi connectivity index (χ3n) is 6.95. The minimum absolute atomic E-state index is 0.0845. The van der Waals surface area contributed by atoms with Crippen LogP contribution in [-0.2, 0) is 15.1 Å². The Bertz CT molecular complexity index is 1410. The third kappa shape index (κ3) is 4.08. The van der Waals surface area contributed by atoms with Crippen molar-refractivity contribution >= 4 is 10.9 Å². The van der Waals surface area contributed by atoms with Crippen molar-refractivity contribution in [3.63, 3.8) is 0 Å². The second-order valence-electron chi connectivity index (χ2n) is 9.30. The Balaban J connectivity index is 1.31. The van der Waals surface area contributed by atoms with Crippen molar-refractivity contribution in [2.24, 2.45) is 0 Å². The van der Waals surface area contributed by atoms with Gasteiger partial charge in [-0.1, -0.05) is 42.5 Å². The molecule has 0 amide bonds. The fourth-order valence-corrected chi connectivity index (χ4v) is 4.85. The molecule has 176 valence electrons. The van der Waals surface area contributed by atoms with Crippen LogP contribution in [0.25, 0.3) is 33.3 Å². The fourth-order valence-electron chi connectivity index (χ4n) is 4.85. The molecule has 2 fully saturated rings. The molecule has 3 heterocycles. The van der Waals surface area contributed by atoms with E-state index >= 15 is 0 Å². The van der Waals surface area contributed by atoms with Crippen molar-refractivity contribution in [1.82, 2.24) is 4.98 Å². The van der Waals surface area contributed by atoms with Gasteiger partial charge in [0.2, 0.25) is 0 Å². The van der Waals surface area contributed by atoms with Gasteiger partial charge in [0.25, 0.3) is 0 Å². The molecule has 6 heteroatoms. The Labute approximate surface area is 203 Å². The quantitative estimate of drug-likeness (QED) is 0.425. The van der Waals surface area contributed by atoms with E-state index in [0.29, 0.717) is 37.7 Å². The number of aromatic amines is 1. The minimum atomic E-state index is -0.870. The van der Waals surface area contributed by atoms with E-state index in [1.807, 2.05) is 48.5 Å². The molecule has 0 bridgehead atoms. The Morgan fingerprint density at radius 2 is 1.71 bits per heavy atom. The van der Waals surface area contributed by atoms with E-state index in [1.165, 1.54) is 0 Å². The molecule has 3 aromatic carbocycles. The summed E-state index contributed by atoms with van der Waals surface area (Å²) in [6.07, 6.45) is 1.76. The summed E-state index contributed by atoms with van der Waals surface area (Å²) in [7, 11) is 0. The van der Waals surface area contributed by atoms with Crippen LogP contribution >= 0.6 is 0 Å². The third-order valence-corrected chi connectivity index (χ3v) is 6.95. The van der Waals surface area contributed by atoms with Gasteiger partial charge in [0.05, 0.1) is 32.0 Å². The van der Waals surface area contributed by atoms with Crippen LogP contribution in [0, 0.1) is 11.3 Å². The number of rotatable bonds is 5. The normalized spacial score (nSPS) is 17.6. The molecule has 0 radical (unpaired) electrons. The number of nitrogens with zero attached hydrogens (tertiary/aromatic N) is 1. The number of H-pyrrole nitrogens is 1. The van der Waals surface area contributed by atoms with Crippen molar-refractivity contribution in [2.45, 2.75) is 24.5 Å². The predicted molar refractivity (Wildman–Crippen MR) is 133 cm³/mol. The lowest BCUT2D eigenvalue weighted by molar-refractivity contribution is -0.184. The first kappa shape index (κ1) is 21.9. The molecule has 1 aromatic heterocycles. The zero-order valence-electron chi connectivity index (χ0n) is 19.3. The van der Waals surface area contributed by atoms with Crippen LogP contribution in [0.1, 0.15) is 24.0 Å². The van der Waals surface area contributed by atoms with Crippen molar-refractivity contribution in [3.05, 3.63) is 77.9 Å². The molecule has 2 aliphatic heterocycles. The van der Waals surface area contributed by atoms with Crippen LogP contribution in [0.3, 0.4) is 0 Å². The molecule has 0 spiro atoms. The summed E-state index contributed by atoms with van der Waals surface area (Å²) < 4.78 is 16.7. The Morgan fingerprint density at radius 1 is 0.943 bits per heavy atom. The van der Waals surface area contributed by atoms with Crippen LogP contribution in [0.4, 0.5) is 0 Å². The monoisotopic (exact) mass is 466 g/mol. The van der Waals surface area contributed by atoms with E-state index in [-0.39, 0.29) is 6.10 Å². The number of hydrogen-bond acceptors (Lipinski definition) is 5. The molecule has 0 atom stereocenters. The molecular weight excluding hydrogens is 440 g/mol. The molecule has 2 aliphatic rings. The van der Waals surface area contributed by atoms with E-state index < -0.39 is 5.60 Å². The number of hydrogen-bond donors (Lipinski definition) is 2. The van der Waals surface area contributed by atoms with Crippen LogP contribution < -0.4 is 4.74 Å². The summed E-state index contributed by atoms with van der Waals surface area (Å²) in [5, 5.41) is 21.4. The number of aromatic nitrogens is 1. The van der Waals surface area contributed by atoms with Crippen LogP contribution in [0.15, 0.2) is 66.7 Å². The van der Waals surface area contributed by atoms with Crippen molar-refractivity contribution in [2.75, 3.05) is 26.4 Å². The van der Waals surface area contributed by atoms with Crippen LogP contribution in [0.2, 0.25) is 0 Å². The molecule has 6 nitrogen and oxygen atoms in total. The summed E-state index contributed by atoms with van der Waals surface area (Å²) in [4.78, 5) is 3.51. The lowest BCUT2D eigenvalue weighted by Crippen LogP contribution is -2.46. The highest BCUT2D eigenvalue weighted by Gasteiger charge is 2.37. The van der Waals surface area contributed by atoms with Crippen molar-refractivity contribution in [3.8, 4) is 34.2 Å². The molecular formula is C29H26N2O4. The van der Waals surface area contributed by atoms with E-state index in [9.17, 15) is 10.4 Å². The van der Waals surface area contributed by atoms with Gasteiger partial charge >= 0.3 is 0 Å². The highest BCUT2D eigenvalue weighted by Crippen LogP contribution is 2.36. The molecule has 2 N–H and O–H groups in total. The largest absolute Gasteiger partial charge is 0.489 e. The number of nitriles is 1. The van der Waals surface area contributed by atoms with Gasteiger partial charge < -0.3 is 24.3 Å². The zero-order chi connectivity index (χ0) is 23.8. The first-order chi connectivity index (χ1) is 17.1. The Kier molecular flexibility index (Phi) is 5.54. The maximum atomic E-state index is 10.5. The molecule has 0 unspecified atom stereocenters. The first-order valence-electron chi connectivity index (χ1n) is 11.9. The van der Waals surface area contributed by atoms with E-state index in [2.05, 4.69) is 29.3 Å². The highest BCUT2D eigenvalue weighted by molar-refractivity contribution is 5.98. The van der Waals surface area contributed by atoms with Gasteiger partial charge in [0.1, 0.15) is 23.5 Å². The van der Waals surface area contributed by atoms with Gasteiger partial charge in [-0.2, -0.15) is 5.26 Å². The Morgan fingerprint density at radius 3 is 2.43 bits per heavy atom. The van der Waals surface area contributed by atoms with E-state index in [0.717, 1.165) is 51.7 Å². The zero-order valence-corrected chi connectivity index (χ0v) is 19.3. The lowest BCUT2D eigenvalue weighted by atomic mass is 9.91. The van der Waals surface area contributed by atoms with Gasteiger partial charge in [-0.25, -0.2) is 0 Å². The predicted octanol–water partition coefficient (Wildman–Crippen LogP) is 5.15. The summed E-state index contributed by atoms with van der Waals surface area (Å²) in [6.45, 7) is 2.07. The van der Waals surface area contributed by atoms with Gasteiger partial charge in [-0.3, -0.25) is 0 Å². The second-order valence-corrected chi connectivity index (χ2v) is 9.30. The highest BCUT2D eigenvalue weighted by atomic mass is 16.5. The number of aliphatic hydroxyl groups is 1. The second kappa shape index (κ2) is 8.86. The summed E-state index contributed by atoms with van der Waals surface area (Å²) in [5.74, 6) is 0.628. The number of benzene rings is 3. The van der Waals surface area contributed by atoms with E-state index in [4.69, 9.17) is 14.2 Å². The van der Waals surface area contributed by atoms with Crippen molar-refractivity contribution in [1.29, 1.82) is 5.26 Å². The lowest BCUT2D eigenvalue weighted by Gasteiger charge is -2.36. The number of ether oxygens (including phenoxy) is 3. The Hall–Kier alpha value is -3.63. The van der Waals surface area contributed by atoms with Crippen molar-refractivity contribution < 1.29 is 19.3 Å². The summed E-state index contributed by atoms with van der Waals surface area (Å²) in [5.41, 5.74) is 5.62. The molecule has 0 saturated carbocycles. The van der Waals surface area contributed by atoms with Crippen LogP contribution in [0.5, 0.6) is 5.75 Å². The van der Waals surface area contributed by atoms with Gasteiger partial charge in [0.15, 0.2) is 0 Å². The first-order valence-corrected chi connectivity index (χ1v) is 11.9. The average Bonchev–Trinajstić information content (AvgIpc) is 3.33. The topological polar surface area (TPSA) is 87.5 Å². The van der Waals surface area contributed by atoms with Gasteiger partial charge in [0, 0.05) is 29.4 Å². The molecule has 35 heavy (non-hydrogen) atoms. The number of nitrogens with one attached hydrogen (secondary N) is 1. The summed E-state index contributed by atoms with van der Waals surface area (Å²) >= 11 is 0.